The van der Waals surface area contributed by atoms with Crippen molar-refractivity contribution < 1.29 is 10.2 Å². The van der Waals surface area contributed by atoms with Gasteiger partial charge in [0.15, 0.2) is 11.4 Å². The minimum Gasteiger partial charge on any atom is -0.396 e. The second kappa shape index (κ2) is 7.92. The zero-order chi connectivity index (χ0) is 19.5. The normalized spacial score (nSPS) is 19.3. The molecule has 0 spiro atoms. The van der Waals surface area contributed by atoms with Crippen LogP contribution in [0.3, 0.4) is 0 Å². The quantitative estimate of drug-likeness (QED) is 0.400. The molecule has 2 aromatic rings. The van der Waals surface area contributed by atoms with Gasteiger partial charge < -0.3 is 20.5 Å². The summed E-state index contributed by atoms with van der Waals surface area (Å²) in [5, 5.41) is 25.5. The van der Waals surface area contributed by atoms with E-state index in [0.717, 1.165) is 19.3 Å². The van der Waals surface area contributed by atoms with Gasteiger partial charge in [-0.05, 0) is 40.0 Å². The number of fused-ring (bicyclic) bond motifs is 1. The summed E-state index contributed by atoms with van der Waals surface area (Å²) in [4.78, 5) is 8.77. The zero-order valence-corrected chi connectivity index (χ0v) is 15.7. The Morgan fingerprint density at radius 3 is 2.58 bits per heavy atom. The van der Waals surface area contributed by atoms with Gasteiger partial charge in [-0.2, -0.15) is 5.26 Å². The Balaban J connectivity index is 0.000000431. The number of halogens is 1. The number of hydrogen-bond donors (Lipinski definition) is 3. The van der Waals surface area contributed by atoms with Gasteiger partial charge in [-0.25, -0.2) is 9.97 Å². The fraction of sp³-hybridized carbons (Fsp3) is 0.500. The Hall–Kier alpha value is -2.32. The van der Waals surface area contributed by atoms with Crippen molar-refractivity contribution in [1.82, 2.24) is 14.5 Å². The molecule has 0 saturated heterocycles. The van der Waals surface area contributed by atoms with Gasteiger partial charge in [-0.15, -0.1) is 5.92 Å². The molecule has 3 rings (SSSR count). The number of nitrogens with zero attached hydrogens (tertiary/aromatic N) is 4. The summed E-state index contributed by atoms with van der Waals surface area (Å²) in [6.45, 7) is 4.32. The summed E-state index contributed by atoms with van der Waals surface area (Å²) in [7, 11) is 0. The van der Waals surface area contributed by atoms with Crippen LogP contribution in [0, 0.1) is 29.1 Å². The Labute approximate surface area is 157 Å². The van der Waals surface area contributed by atoms with Gasteiger partial charge in [0.2, 0.25) is 0 Å². The molecular weight excluding hydrogens is 354 g/mol. The fourth-order valence-corrected chi connectivity index (χ4v) is 3.10. The molecule has 0 amide bonds. The Morgan fingerprint density at radius 2 is 2.04 bits per heavy atom. The van der Waals surface area contributed by atoms with Gasteiger partial charge in [0.05, 0.1) is 23.6 Å². The highest BCUT2D eigenvalue weighted by Gasteiger charge is 2.28. The third-order valence-corrected chi connectivity index (χ3v) is 4.21. The van der Waals surface area contributed by atoms with Crippen molar-refractivity contribution in [3.63, 3.8) is 0 Å². The van der Waals surface area contributed by atoms with Gasteiger partial charge in [-0.3, -0.25) is 0 Å². The van der Waals surface area contributed by atoms with Gasteiger partial charge in [-0.1, -0.05) is 17.5 Å². The fourth-order valence-electron chi connectivity index (χ4n) is 2.87. The molecule has 8 heteroatoms. The molecule has 1 fully saturated rings. The maximum absolute atomic E-state index is 9.03. The van der Waals surface area contributed by atoms with E-state index in [2.05, 4.69) is 27.9 Å². The lowest BCUT2D eigenvalue weighted by Gasteiger charge is -2.12. The van der Waals surface area contributed by atoms with E-state index in [9.17, 15) is 0 Å². The highest BCUT2D eigenvalue weighted by Crippen LogP contribution is 2.37. The third-order valence-electron chi connectivity index (χ3n) is 3.93. The lowest BCUT2D eigenvalue weighted by Crippen LogP contribution is -2.15. The minimum atomic E-state index is -1.50. The molecule has 0 radical (unpaired) electrons. The van der Waals surface area contributed by atoms with Crippen LogP contribution in [-0.2, 0) is 0 Å². The predicted octanol–water partition coefficient (Wildman–Crippen LogP) is 2.61. The lowest BCUT2D eigenvalue weighted by atomic mass is 10.1. The summed E-state index contributed by atoms with van der Waals surface area (Å²) in [6.07, 6.45) is 4.40. The van der Waals surface area contributed by atoms with Crippen LogP contribution in [0.1, 0.15) is 51.6 Å². The summed E-state index contributed by atoms with van der Waals surface area (Å²) >= 11 is 6.19. The number of imidazole rings is 1. The summed E-state index contributed by atoms with van der Waals surface area (Å²) in [5.41, 5.74) is 8.40. The first kappa shape index (κ1) is 20.0. The molecule has 1 aliphatic rings. The summed E-state index contributed by atoms with van der Waals surface area (Å²) in [5.74, 6) is 4.25. The zero-order valence-electron chi connectivity index (χ0n) is 15.0. The standard InChI is InChI=1S/C15H14ClN5.C3H8O2/c1-2-3-11-12(18)13-15(20-14(11)16)21(8-19-13)10-5-4-9(6-10)7-17;1-3(2,4)5/h8-10H,4-6H2,1H3,(H2,18,20);4-5H,1-2H3. The molecule has 7 nitrogen and oxygen atoms in total. The molecule has 2 unspecified atom stereocenters. The SMILES string of the molecule is CC#Cc1c(Cl)nc2c(ncn2C2CCC(C#N)C2)c1N.CC(C)(O)O. The maximum Gasteiger partial charge on any atom is 0.164 e. The van der Waals surface area contributed by atoms with Gasteiger partial charge in [0.1, 0.15) is 10.7 Å². The maximum atomic E-state index is 9.03. The molecular formula is C18H22ClN5O2. The second-order valence-electron chi connectivity index (χ2n) is 6.68. The number of nitrogen functional groups attached to an aromatic ring is 1. The summed E-state index contributed by atoms with van der Waals surface area (Å²) in [6, 6.07) is 2.56. The highest BCUT2D eigenvalue weighted by atomic mass is 35.5. The first-order valence-electron chi connectivity index (χ1n) is 8.24. The van der Waals surface area contributed by atoms with E-state index in [1.54, 1.807) is 13.3 Å². The molecule has 2 heterocycles. The Morgan fingerprint density at radius 1 is 1.38 bits per heavy atom. The van der Waals surface area contributed by atoms with Crippen molar-refractivity contribution in [3.8, 4) is 17.9 Å². The molecule has 138 valence electrons. The average Bonchev–Trinajstić information content (AvgIpc) is 3.16. The van der Waals surface area contributed by atoms with Crippen LogP contribution in [0.5, 0.6) is 0 Å². The van der Waals surface area contributed by atoms with E-state index in [1.807, 2.05) is 4.57 Å². The van der Waals surface area contributed by atoms with Crippen molar-refractivity contribution in [3.05, 3.63) is 17.0 Å². The molecule has 2 aromatic heterocycles. The number of nitrogens with two attached hydrogens (primary N) is 1. The first-order valence-corrected chi connectivity index (χ1v) is 8.62. The van der Waals surface area contributed by atoms with E-state index in [0.29, 0.717) is 27.6 Å². The molecule has 0 aromatic carbocycles. The van der Waals surface area contributed by atoms with Crippen LogP contribution < -0.4 is 5.73 Å². The van der Waals surface area contributed by atoms with Crippen molar-refractivity contribution >= 4 is 28.5 Å². The smallest absolute Gasteiger partial charge is 0.164 e. The average molecular weight is 376 g/mol. The van der Waals surface area contributed by atoms with Crippen LogP contribution in [0.15, 0.2) is 6.33 Å². The Kier molecular flexibility index (Phi) is 6.09. The van der Waals surface area contributed by atoms with E-state index >= 15 is 0 Å². The van der Waals surface area contributed by atoms with Gasteiger partial charge in [0.25, 0.3) is 0 Å². The number of aromatic nitrogens is 3. The third kappa shape index (κ3) is 4.64. The van der Waals surface area contributed by atoms with Crippen molar-refractivity contribution in [2.45, 2.75) is 51.9 Å². The summed E-state index contributed by atoms with van der Waals surface area (Å²) < 4.78 is 1.98. The molecule has 0 aliphatic heterocycles. The number of hydrogen-bond acceptors (Lipinski definition) is 6. The van der Waals surface area contributed by atoms with Crippen LogP contribution in [0.25, 0.3) is 11.2 Å². The number of nitriles is 1. The number of anilines is 1. The van der Waals surface area contributed by atoms with Crippen LogP contribution in [0.2, 0.25) is 5.15 Å². The van der Waals surface area contributed by atoms with Crippen LogP contribution in [0.4, 0.5) is 5.69 Å². The Bertz CT molecular complexity index is 893. The molecule has 2 atom stereocenters. The van der Waals surface area contributed by atoms with Crippen molar-refractivity contribution in [2.75, 3.05) is 5.73 Å². The topological polar surface area (TPSA) is 121 Å². The lowest BCUT2D eigenvalue weighted by molar-refractivity contribution is -0.127. The molecule has 1 aliphatic carbocycles. The highest BCUT2D eigenvalue weighted by molar-refractivity contribution is 6.31. The number of rotatable bonds is 1. The van der Waals surface area contributed by atoms with Gasteiger partial charge >= 0.3 is 0 Å². The van der Waals surface area contributed by atoms with Crippen LogP contribution in [-0.4, -0.2) is 30.5 Å². The monoisotopic (exact) mass is 375 g/mol. The first-order chi connectivity index (χ1) is 12.2. The molecule has 26 heavy (non-hydrogen) atoms. The van der Waals surface area contributed by atoms with Crippen LogP contribution >= 0.6 is 11.6 Å². The molecule has 0 bridgehead atoms. The van der Waals surface area contributed by atoms with E-state index in [-0.39, 0.29) is 12.0 Å². The predicted molar refractivity (Wildman–Crippen MR) is 100 cm³/mol. The van der Waals surface area contributed by atoms with Crippen molar-refractivity contribution in [1.29, 1.82) is 5.26 Å². The number of pyridine rings is 1. The van der Waals surface area contributed by atoms with E-state index < -0.39 is 5.79 Å². The second-order valence-corrected chi connectivity index (χ2v) is 7.04. The molecule has 4 N–H and O–H groups in total. The largest absolute Gasteiger partial charge is 0.396 e. The van der Waals surface area contributed by atoms with Gasteiger partial charge in [0, 0.05) is 12.0 Å². The van der Waals surface area contributed by atoms with E-state index in [4.69, 9.17) is 32.8 Å². The number of aliphatic hydroxyl groups is 2. The van der Waals surface area contributed by atoms with E-state index in [1.165, 1.54) is 13.8 Å². The minimum absolute atomic E-state index is 0.102. The molecule has 1 saturated carbocycles. The van der Waals surface area contributed by atoms with Crippen molar-refractivity contribution in [2.24, 2.45) is 5.92 Å².